The standard InChI is InChI=1S/C16H16N2OS/c1-18(10-8-13-5-3-11-20-13)16(19)14-6-2-4-12-7-9-17-15(12)14/h2-7,9,11,17H,8,10H2,1H3. The number of aromatic amines is 1. The largest absolute Gasteiger partial charge is 0.361 e. The molecule has 3 nitrogen and oxygen atoms in total. The summed E-state index contributed by atoms with van der Waals surface area (Å²) < 4.78 is 0. The highest BCUT2D eigenvalue weighted by molar-refractivity contribution is 7.09. The molecule has 3 rings (SSSR count). The van der Waals surface area contributed by atoms with Crippen LogP contribution in [0.5, 0.6) is 0 Å². The molecule has 0 atom stereocenters. The van der Waals surface area contributed by atoms with Crippen molar-refractivity contribution in [2.45, 2.75) is 6.42 Å². The lowest BCUT2D eigenvalue weighted by molar-refractivity contribution is 0.0798. The molecular formula is C16H16N2OS. The normalized spacial score (nSPS) is 10.8. The van der Waals surface area contributed by atoms with E-state index in [2.05, 4.69) is 16.4 Å². The minimum absolute atomic E-state index is 0.0645. The quantitative estimate of drug-likeness (QED) is 0.781. The summed E-state index contributed by atoms with van der Waals surface area (Å²) in [5.74, 6) is 0.0645. The second-order valence-corrected chi connectivity index (χ2v) is 5.84. The molecule has 1 amide bonds. The molecule has 2 aromatic heterocycles. The molecule has 1 aromatic carbocycles. The van der Waals surface area contributed by atoms with Gasteiger partial charge in [0, 0.05) is 30.1 Å². The average molecular weight is 284 g/mol. The van der Waals surface area contributed by atoms with Crippen molar-refractivity contribution in [3.63, 3.8) is 0 Å². The zero-order valence-corrected chi connectivity index (χ0v) is 12.1. The van der Waals surface area contributed by atoms with Crippen LogP contribution in [0.1, 0.15) is 15.2 Å². The number of nitrogens with zero attached hydrogens (tertiary/aromatic N) is 1. The monoisotopic (exact) mass is 284 g/mol. The van der Waals surface area contributed by atoms with E-state index in [0.717, 1.165) is 29.4 Å². The molecule has 0 bridgehead atoms. The molecule has 20 heavy (non-hydrogen) atoms. The molecule has 102 valence electrons. The molecule has 0 aliphatic rings. The van der Waals surface area contributed by atoms with Gasteiger partial charge in [-0.3, -0.25) is 4.79 Å². The van der Waals surface area contributed by atoms with Crippen molar-refractivity contribution in [1.82, 2.24) is 9.88 Å². The molecule has 0 radical (unpaired) electrons. The molecule has 0 saturated heterocycles. The summed E-state index contributed by atoms with van der Waals surface area (Å²) in [5.41, 5.74) is 1.65. The summed E-state index contributed by atoms with van der Waals surface area (Å²) in [6.07, 6.45) is 2.77. The molecule has 0 aliphatic heterocycles. The molecular weight excluding hydrogens is 268 g/mol. The summed E-state index contributed by atoms with van der Waals surface area (Å²) in [5, 5.41) is 3.14. The van der Waals surface area contributed by atoms with Crippen molar-refractivity contribution in [1.29, 1.82) is 0 Å². The molecule has 0 fully saturated rings. The van der Waals surface area contributed by atoms with E-state index in [1.165, 1.54) is 4.88 Å². The predicted molar refractivity (Wildman–Crippen MR) is 83.3 cm³/mol. The van der Waals surface area contributed by atoms with Crippen molar-refractivity contribution in [2.24, 2.45) is 0 Å². The van der Waals surface area contributed by atoms with Crippen molar-refractivity contribution in [3.8, 4) is 0 Å². The number of likely N-dealkylation sites (N-methyl/N-ethyl adjacent to an activating group) is 1. The van der Waals surface area contributed by atoms with Gasteiger partial charge in [-0.15, -0.1) is 11.3 Å². The third kappa shape index (κ3) is 2.47. The Hall–Kier alpha value is -2.07. The van der Waals surface area contributed by atoms with Crippen molar-refractivity contribution in [3.05, 3.63) is 58.4 Å². The van der Waals surface area contributed by atoms with E-state index in [9.17, 15) is 4.79 Å². The molecule has 0 spiro atoms. The summed E-state index contributed by atoms with van der Waals surface area (Å²) in [6.45, 7) is 0.733. The highest BCUT2D eigenvalue weighted by Gasteiger charge is 2.15. The van der Waals surface area contributed by atoms with E-state index in [4.69, 9.17) is 0 Å². The number of carbonyl (C=O) groups is 1. The number of benzene rings is 1. The Morgan fingerprint density at radius 3 is 2.95 bits per heavy atom. The van der Waals surface area contributed by atoms with Crippen LogP contribution in [0.3, 0.4) is 0 Å². The number of hydrogen-bond donors (Lipinski definition) is 1. The van der Waals surface area contributed by atoms with Gasteiger partial charge >= 0.3 is 0 Å². The zero-order valence-electron chi connectivity index (χ0n) is 11.3. The Morgan fingerprint density at radius 1 is 1.25 bits per heavy atom. The third-order valence-electron chi connectivity index (χ3n) is 3.44. The van der Waals surface area contributed by atoms with Crippen LogP contribution in [0, 0.1) is 0 Å². The maximum Gasteiger partial charge on any atom is 0.255 e. The van der Waals surface area contributed by atoms with E-state index in [1.54, 1.807) is 16.2 Å². The zero-order chi connectivity index (χ0) is 13.9. The maximum atomic E-state index is 12.5. The van der Waals surface area contributed by atoms with E-state index in [0.29, 0.717) is 0 Å². The Kier molecular flexibility index (Phi) is 3.56. The Balaban J connectivity index is 1.76. The van der Waals surface area contributed by atoms with Crippen molar-refractivity contribution in [2.75, 3.05) is 13.6 Å². The van der Waals surface area contributed by atoms with Gasteiger partial charge in [0.05, 0.1) is 11.1 Å². The van der Waals surface area contributed by atoms with E-state index in [1.807, 2.05) is 43.6 Å². The summed E-state index contributed by atoms with van der Waals surface area (Å²) in [6, 6.07) is 11.9. The molecule has 2 heterocycles. The lowest BCUT2D eigenvalue weighted by Gasteiger charge is -2.17. The molecule has 4 heteroatoms. The van der Waals surface area contributed by atoms with Gasteiger partial charge in [0.15, 0.2) is 0 Å². The number of hydrogen-bond acceptors (Lipinski definition) is 2. The topological polar surface area (TPSA) is 36.1 Å². The fourth-order valence-electron chi connectivity index (χ4n) is 2.30. The maximum absolute atomic E-state index is 12.5. The average Bonchev–Trinajstić information content (AvgIpc) is 3.14. The van der Waals surface area contributed by atoms with Crippen molar-refractivity contribution >= 4 is 28.1 Å². The van der Waals surface area contributed by atoms with Crippen molar-refractivity contribution < 1.29 is 4.79 Å². The molecule has 0 aliphatic carbocycles. The number of fused-ring (bicyclic) bond motifs is 1. The first kappa shape index (κ1) is 12.9. The van der Waals surface area contributed by atoms with E-state index in [-0.39, 0.29) is 5.91 Å². The smallest absolute Gasteiger partial charge is 0.255 e. The number of nitrogens with one attached hydrogen (secondary N) is 1. The van der Waals surface area contributed by atoms with Crippen LogP contribution in [-0.4, -0.2) is 29.4 Å². The second kappa shape index (κ2) is 5.51. The van der Waals surface area contributed by atoms with Gasteiger partial charge in [-0.1, -0.05) is 18.2 Å². The second-order valence-electron chi connectivity index (χ2n) is 4.80. The first-order valence-electron chi connectivity index (χ1n) is 6.59. The number of aromatic nitrogens is 1. The number of para-hydroxylation sites is 1. The van der Waals surface area contributed by atoms with Crippen LogP contribution in [0.25, 0.3) is 10.9 Å². The lowest BCUT2D eigenvalue weighted by Crippen LogP contribution is -2.28. The van der Waals surface area contributed by atoms with Gasteiger partial charge in [0.1, 0.15) is 0 Å². The van der Waals surface area contributed by atoms with Crippen LogP contribution in [-0.2, 0) is 6.42 Å². The third-order valence-corrected chi connectivity index (χ3v) is 4.37. The summed E-state index contributed by atoms with van der Waals surface area (Å²) in [4.78, 5) is 18.8. The van der Waals surface area contributed by atoms with Gasteiger partial charge in [-0.25, -0.2) is 0 Å². The van der Waals surface area contributed by atoms with Crippen LogP contribution in [0.15, 0.2) is 48.0 Å². The van der Waals surface area contributed by atoms with Gasteiger partial charge in [0.25, 0.3) is 5.91 Å². The number of carbonyl (C=O) groups excluding carboxylic acids is 1. The fourth-order valence-corrected chi connectivity index (χ4v) is 3.00. The van der Waals surface area contributed by atoms with Crippen LogP contribution in [0.2, 0.25) is 0 Å². The van der Waals surface area contributed by atoms with E-state index >= 15 is 0 Å². The molecule has 1 N–H and O–H groups in total. The first-order chi connectivity index (χ1) is 9.75. The summed E-state index contributed by atoms with van der Waals surface area (Å²) >= 11 is 1.73. The first-order valence-corrected chi connectivity index (χ1v) is 7.47. The van der Waals surface area contributed by atoms with Crippen LogP contribution < -0.4 is 0 Å². The predicted octanol–water partition coefficient (Wildman–Crippen LogP) is 3.54. The lowest BCUT2D eigenvalue weighted by atomic mass is 10.1. The SMILES string of the molecule is CN(CCc1cccs1)C(=O)c1cccc2cc[nH]c12. The van der Waals surface area contributed by atoms with Gasteiger partial charge < -0.3 is 9.88 Å². The van der Waals surface area contributed by atoms with E-state index < -0.39 is 0 Å². The Labute approximate surface area is 121 Å². The van der Waals surface area contributed by atoms with Crippen LogP contribution in [0.4, 0.5) is 0 Å². The van der Waals surface area contributed by atoms with Gasteiger partial charge in [0.2, 0.25) is 0 Å². The number of amides is 1. The number of rotatable bonds is 4. The molecule has 0 saturated carbocycles. The highest BCUT2D eigenvalue weighted by Crippen LogP contribution is 2.18. The molecule has 3 aromatic rings. The highest BCUT2D eigenvalue weighted by atomic mass is 32.1. The Morgan fingerprint density at radius 2 is 2.15 bits per heavy atom. The van der Waals surface area contributed by atoms with Gasteiger partial charge in [-0.05, 0) is 30.0 Å². The number of thiophene rings is 1. The number of H-pyrrole nitrogens is 1. The van der Waals surface area contributed by atoms with Gasteiger partial charge in [-0.2, -0.15) is 0 Å². The summed E-state index contributed by atoms with van der Waals surface area (Å²) in [7, 11) is 1.86. The molecule has 0 unspecified atom stereocenters. The van der Waals surface area contributed by atoms with Crippen LogP contribution >= 0.6 is 11.3 Å². The Bertz CT molecular complexity index is 715. The fraction of sp³-hybridized carbons (Fsp3) is 0.188. The minimum Gasteiger partial charge on any atom is -0.361 e. The minimum atomic E-state index is 0.0645.